The summed E-state index contributed by atoms with van der Waals surface area (Å²) in [7, 11) is 0. The Morgan fingerprint density at radius 3 is 2.24 bits per heavy atom. The smallest absolute Gasteiger partial charge is 0.242 e. The molecule has 3 fully saturated rings. The van der Waals surface area contributed by atoms with Gasteiger partial charge in [-0.15, -0.1) is 16.4 Å². The highest BCUT2D eigenvalue weighted by Gasteiger charge is 2.72. The highest BCUT2D eigenvalue weighted by molar-refractivity contribution is 7.14. The lowest BCUT2D eigenvalue weighted by Gasteiger charge is -2.32. The van der Waals surface area contributed by atoms with E-state index < -0.39 is 24.0 Å². The van der Waals surface area contributed by atoms with Crippen molar-refractivity contribution in [2.24, 2.45) is 22.9 Å². The van der Waals surface area contributed by atoms with Crippen LogP contribution in [0.25, 0.3) is 5.69 Å². The van der Waals surface area contributed by atoms with Crippen LogP contribution >= 0.6 is 11.3 Å². The quantitative estimate of drug-likeness (QED) is 0.389. The number of benzene rings is 2. The first-order valence-corrected chi connectivity index (χ1v) is 12.9. The van der Waals surface area contributed by atoms with Crippen molar-refractivity contribution in [1.82, 2.24) is 20.0 Å². The molecule has 0 saturated carbocycles. The number of aromatic nitrogens is 4. The third-order valence-corrected chi connectivity index (χ3v) is 8.42. The fourth-order valence-electron chi connectivity index (χ4n) is 6.23. The van der Waals surface area contributed by atoms with Gasteiger partial charge in [0.25, 0.3) is 0 Å². The number of hydrazone groups is 1. The minimum absolute atomic E-state index is 0.236. The van der Waals surface area contributed by atoms with Gasteiger partial charge in [0.15, 0.2) is 5.13 Å². The summed E-state index contributed by atoms with van der Waals surface area (Å²) in [5.41, 5.74) is 3.07. The van der Waals surface area contributed by atoms with Gasteiger partial charge in [-0.2, -0.15) is 15.0 Å². The molecule has 2 bridgehead atoms. The number of hydrogen-bond donors (Lipinski definition) is 0. The van der Waals surface area contributed by atoms with Crippen LogP contribution in [0.5, 0.6) is 0 Å². The third-order valence-electron chi connectivity index (χ3n) is 7.66. The van der Waals surface area contributed by atoms with Crippen LogP contribution in [0.1, 0.15) is 5.69 Å². The van der Waals surface area contributed by atoms with Gasteiger partial charge in [0, 0.05) is 11.6 Å². The molecule has 0 radical (unpaired) electrons. The Kier molecular flexibility index (Phi) is 4.32. The molecular weight excluding hydrogens is 490 g/mol. The minimum atomic E-state index is -0.576. The van der Waals surface area contributed by atoms with Crippen molar-refractivity contribution in [3.63, 3.8) is 0 Å². The van der Waals surface area contributed by atoms with E-state index >= 15 is 0 Å². The molecule has 6 unspecified atom stereocenters. The van der Waals surface area contributed by atoms with Crippen molar-refractivity contribution in [3.05, 3.63) is 84.1 Å². The average molecular weight is 510 g/mol. The van der Waals surface area contributed by atoms with Crippen LogP contribution in [0, 0.1) is 17.8 Å². The summed E-state index contributed by atoms with van der Waals surface area (Å²) in [5.74, 6) is -1.87. The summed E-state index contributed by atoms with van der Waals surface area (Å²) in [5, 5.41) is 18.3. The lowest BCUT2D eigenvalue weighted by molar-refractivity contribution is -0.125. The number of rotatable bonds is 4. The fraction of sp³-hybridized carbons (Fsp3) is 0.231. The van der Waals surface area contributed by atoms with Gasteiger partial charge >= 0.3 is 0 Å². The van der Waals surface area contributed by atoms with Crippen LogP contribution in [0.4, 0.5) is 10.8 Å². The predicted molar refractivity (Wildman–Crippen MR) is 134 cm³/mol. The largest absolute Gasteiger partial charge is 0.370 e. The van der Waals surface area contributed by atoms with Crippen LogP contribution in [-0.4, -0.2) is 55.8 Å². The van der Waals surface area contributed by atoms with Gasteiger partial charge in [-0.05, 0) is 24.3 Å². The number of thiazole rings is 1. The molecule has 11 heteroatoms. The first-order chi connectivity index (χ1) is 18.2. The summed E-state index contributed by atoms with van der Waals surface area (Å²) >= 11 is 1.28. The third kappa shape index (κ3) is 2.83. The Morgan fingerprint density at radius 1 is 0.838 bits per heavy atom. The molecule has 4 aromatic rings. The molecule has 0 N–H and O–H groups in total. The molecule has 2 aromatic heterocycles. The number of ether oxygens (including phenoxy) is 1. The molecule has 4 aliphatic heterocycles. The monoisotopic (exact) mass is 509 g/mol. The molecule has 2 amide bonds. The number of para-hydroxylation sites is 2. The second kappa shape index (κ2) is 7.64. The Labute approximate surface area is 214 Å². The topological polar surface area (TPSA) is 106 Å². The molecule has 0 spiro atoms. The molecule has 6 heterocycles. The van der Waals surface area contributed by atoms with Gasteiger partial charge in [-0.25, -0.2) is 9.88 Å². The normalized spacial score (nSPS) is 29.7. The SMILES string of the molecule is O=C1C2C3OC(C2C(=O)N1c1nccs1)C1C3C(c2cnn(-c3ccccc3)n2)=NN1c1ccccc1. The van der Waals surface area contributed by atoms with Gasteiger partial charge in [-0.1, -0.05) is 36.4 Å². The van der Waals surface area contributed by atoms with Crippen LogP contribution < -0.4 is 9.91 Å². The Bertz CT molecular complexity index is 1560. The summed E-state index contributed by atoms with van der Waals surface area (Å²) < 4.78 is 6.44. The maximum atomic E-state index is 13.6. The molecular formula is C26H19N7O3S. The van der Waals surface area contributed by atoms with Crippen LogP contribution in [0.2, 0.25) is 0 Å². The zero-order chi connectivity index (χ0) is 24.7. The zero-order valence-electron chi connectivity index (χ0n) is 19.2. The van der Waals surface area contributed by atoms with E-state index in [-0.39, 0.29) is 23.8 Å². The molecule has 8 rings (SSSR count). The maximum absolute atomic E-state index is 13.6. The standard InChI is InChI=1S/C26H19N7O3S/c34-24-17-18(25(35)31(24)26-27-11-12-37-26)23-21-19(22(17)36-23)20(30-32(21)14-7-3-1-4-8-14)16-13-28-33(29-16)15-9-5-2-6-10-15/h1-13,17-19,21-23H. The van der Waals surface area contributed by atoms with E-state index in [9.17, 15) is 9.59 Å². The number of nitrogens with zero attached hydrogens (tertiary/aromatic N) is 7. The second-order valence-corrected chi connectivity index (χ2v) is 10.4. The number of anilines is 2. The first kappa shape index (κ1) is 20.9. The van der Waals surface area contributed by atoms with E-state index in [0.717, 1.165) is 17.1 Å². The molecule has 0 aliphatic carbocycles. The van der Waals surface area contributed by atoms with Crippen molar-refractivity contribution >= 4 is 39.7 Å². The van der Waals surface area contributed by atoms with Crippen molar-refractivity contribution in [3.8, 4) is 5.69 Å². The van der Waals surface area contributed by atoms with Crippen LogP contribution in [0.3, 0.4) is 0 Å². The number of carbonyl (C=O) groups excluding carboxylic acids is 2. The molecule has 182 valence electrons. The molecule has 2 aromatic carbocycles. The Hall–Kier alpha value is -4.22. The number of fused-ring (bicyclic) bond motifs is 8. The van der Waals surface area contributed by atoms with Crippen LogP contribution in [0.15, 0.2) is 83.5 Å². The number of amides is 2. The number of imide groups is 1. The van der Waals surface area contributed by atoms with E-state index in [4.69, 9.17) is 14.9 Å². The summed E-state index contributed by atoms with van der Waals surface area (Å²) in [6.07, 6.45) is 2.33. The van der Waals surface area contributed by atoms with Gasteiger partial charge in [0.05, 0.1) is 59.3 Å². The van der Waals surface area contributed by atoms with Gasteiger partial charge in [0.2, 0.25) is 11.8 Å². The number of hydrogen-bond acceptors (Lipinski definition) is 9. The zero-order valence-corrected chi connectivity index (χ0v) is 20.0. The Morgan fingerprint density at radius 2 is 1.54 bits per heavy atom. The fourth-order valence-corrected chi connectivity index (χ4v) is 6.88. The average Bonchev–Trinajstić information content (AvgIpc) is 3.76. The van der Waals surface area contributed by atoms with Gasteiger partial charge < -0.3 is 4.74 Å². The molecule has 37 heavy (non-hydrogen) atoms. The summed E-state index contributed by atoms with van der Waals surface area (Å²) in [6.45, 7) is 0. The van der Waals surface area contributed by atoms with E-state index in [1.807, 2.05) is 65.7 Å². The molecule has 4 aliphatic rings. The molecule has 3 saturated heterocycles. The van der Waals surface area contributed by atoms with Gasteiger partial charge in [-0.3, -0.25) is 14.6 Å². The van der Waals surface area contributed by atoms with Crippen molar-refractivity contribution in [1.29, 1.82) is 0 Å². The Balaban J connectivity index is 1.22. The van der Waals surface area contributed by atoms with Crippen molar-refractivity contribution in [2.75, 3.05) is 9.91 Å². The minimum Gasteiger partial charge on any atom is -0.370 e. The van der Waals surface area contributed by atoms with Crippen molar-refractivity contribution in [2.45, 2.75) is 18.2 Å². The van der Waals surface area contributed by atoms with E-state index in [2.05, 4.69) is 10.1 Å². The van der Waals surface area contributed by atoms with E-state index in [1.165, 1.54) is 16.2 Å². The second-order valence-electron chi connectivity index (χ2n) is 9.48. The summed E-state index contributed by atoms with van der Waals surface area (Å²) in [4.78, 5) is 34.2. The highest BCUT2D eigenvalue weighted by Crippen LogP contribution is 2.56. The van der Waals surface area contributed by atoms with Gasteiger partial charge in [0.1, 0.15) is 5.69 Å². The van der Waals surface area contributed by atoms with E-state index in [0.29, 0.717) is 10.8 Å². The lowest BCUT2D eigenvalue weighted by Crippen LogP contribution is -2.50. The first-order valence-electron chi connectivity index (χ1n) is 12.0. The molecule has 6 atom stereocenters. The maximum Gasteiger partial charge on any atom is 0.242 e. The van der Waals surface area contributed by atoms with E-state index in [1.54, 1.807) is 22.6 Å². The summed E-state index contributed by atoms with van der Waals surface area (Å²) in [6, 6.07) is 19.2. The van der Waals surface area contributed by atoms with Crippen LogP contribution in [-0.2, 0) is 14.3 Å². The lowest BCUT2D eigenvalue weighted by atomic mass is 9.70. The predicted octanol–water partition coefficient (Wildman–Crippen LogP) is 2.52. The van der Waals surface area contributed by atoms with Crippen molar-refractivity contribution < 1.29 is 14.3 Å². The molecule has 10 nitrogen and oxygen atoms in total. The highest BCUT2D eigenvalue weighted by atomic mass is 32.1. The number of carbonyl (C=O) groups is 2.